The molecule has 0 spiro atoms. The van der Waals surface area contributed by atoms with Gasteiger partial charge in [-0.2, -0.15) is 12.6 Å². The van der Waals surface area contributed by atoms with Crippen molar-refractivity contribution in [3.63, 3.8) is 0 Å². The molecule has 1 aliphatic heterocycles. The highest BCUT2D eigenvalue weighted by atomic mass is 32.1. The van der Waals surface area contributed by atoms with E-state index in [1.54, 1.807) is 0 Å². The smallest absolute Gasteiger partial charge is 0.225 e. The van der Waals surface area contributed by atoms with E-state index < -0.39 is 0 Å². The van der Waals surface area contributed by atoms with Gasteiger partial charge >= 0.3 is 0 Å². The Bertz CT molecular complexity index is 457. The minimum atomic E-state index is -0.0935. The summed E-state index contributed by atoms with van der Waals surface area (Å²) in [6.07, 6.45) is 2.41. The van der Waals surface area contributed by atoms with Crippen LogP contribution in [-0.2, 0) is 11.2 Å². The molecule has 2 rings (SSSR count). The lowest BCUT2D eigenvalue weighted by Crippen LogP contribution is -2.32. The van der Waals surface area contributed by atoms with Crippen LogP contribution in [0.1, 0.15) is 32.3 Å². The zero-order chi connectivity index (χ0) is 13.2. The second kappa shape index (κ2) is 5.22. The molecule has 1 aromatic rings. The number of hydrogen-bond donors (Lipinski definition) is 2. The molecule has 18 heavy (non-hydrogen) atoms. The number of anilines is 1. The lowest BCUT2D eigenvalue weighted by Gasteiger charge is -2.32. The van der Waals surface area contributed by atoms with Gasteiger partial charge in [-0.05, 0) is 56.2 Å². The van der Waals surface area contributed by atoms with E-state index >= 15 is 0 Å². The molecule has 1 heterocycles. The molecule has 0 fully saturated rings. The molecular formula is C14H19NO2S. The van der Waals surface area contributed by atoms with Crippen LogP contribution in [0.3, 0.4) is 0 Å². The Morgan fingerprint density at radius 1 is 1.50 bits per heavy atom. The van der Waals surface area contributed by atoms with Gasteiger partial charge in [-0.25, -0.2) is 0 Å². The SMILES string of the molecule is CC1(C)CCc2cc(NC(=O)CCS)ccc2O1. The van der Waals surface area contributed by atoms with Crippen molar-refractivity contribution in [2.75, 3.05) is 11.1 Å². The predicted molar refractivity (Wildman–Crippen MR) is 76.6 cm³/mol. The van der Waals surface area contributed by atoms with Gasteiger partial charge < -0.3 is 10.1 Å². The van der Waals surface area contributed by atoms with Gasteiger partial charge in [-0.15, -0.1) is 0 Å². The Morgan fingerprint density at radius 2 is 2.28 bits per heavy atom. The largest absolute Gasteiger partial charge is 0.488 e. The van der Waals surface area contributed by atoms with Crippen LogP contribution in [0.25, 0.3) is 0 Å². The Morgan fingerprint density at radius 3 is 3.00 bits per heavy atom. The van der Waals surface area contributed by atoms with E-state index in [4.69, 9.17) is 4.74 Å². The second-order valence-electron chi connectivity index (χ2n) is 5.21. The van der Waals surface area contributed by atoms with Crippen LogP contribution in [0, 0.1) is 0 Å². The van der Waals surface area contributed by atoms with Crippen molar-refractivity contribution in [2.45, 2.75) is 38.7 Å². The maximum absolute atomic E-state index is 11.5. The fraction of sp³-hybridized carbons (Fsp3) is 0.500. The van der Waals surface area contributed by atoms with Crippen LogP contribution in [0.5, 0.6) is 5.75 Å². The molecule has 0 saturated heterocycles. The number of ether oxygens (including phenoxy) is 1. The topological polar surface area (TPSA) is 38.3 Å². The molecule has 0 aliphatic carbocycles. The average Bonchev–Trinajstić information content (AvgIpc) is 2.29. The van der Waals surface area contributed by atoms with Gasteiger partial charge in [0.15, 0.2) is 0 Å². The van der Waals surface area contributed by atoms with Gasteiger partial charge in [0.05, 0.1) is 0 Å². The van der Waals surface area contributed by atoms with Crippen molar-refractivity contribution in [2.24, 2.45) is 0 Å². The number of aryl methyl sites for hydroxylation is 1. The molecular weight excluding hydrogens is 246 g/mol. The standard InChI is InChI=1S/C14H19NO2S/c1-14(2)7-5-10-9-11(3-4-12(10)17-14)15-13(16)6-8-18/h3-4,9,18H,5-8H2,1-2H3,(H,15,16). The number of benzene rings is 1. The van der Waals surface area contributed by atoms with Crippen LogP contribution in [0.2, 0.25) is 0 Å². The molecule has 0 unspecified atom stereocenters. The first-order valence-electron chi connectivity index (χ1n) is 6.23. The molecule has 0 radical (unpaired) electrons. The Hall–Kier alpha value is -1.16. The summed E-state index contributed by atoms with van der Waals surface area (Å²) in [6, 6.07) is 5.82. The van der Waals surface area contributed by atoms with E-state index in [1.165, 1.54) is 0 Å². The number of thiol groups is 1. The number of hydrogen-bond acceptors (Lipinski definition) is 3. The third kappa shape index (κ3) is 3.19. The molecule has 4 heteroatoms. The van der Waals surface area contributed by atoms with Crippen LogP contribution in [0.15, 0.2) is 18.2 Å². The number of carbonyl (C=O) groups excluding carboxylic acids is 1. The number of fused-ring (bicyclic) bond motifs is 1. The summed E-state index contributed by atoms with van der Waals surface area (Å²) in [7, 11) is 0. The summed E-state index contributed by atoms with van der Waals surface area (Å²) in [5.74, 6) is 1.49. The van der Waals surface area contributed by atoms with Crippen molar-refractivity contribution in [1.82, 2.24) is 0 Å². The summed E-state index contributed by atoms with van der Waals surface area (Å²) in [4.78, 5) is 11.5. The van der Waals surface area contributed by atoms with E-state index in [0.717, 1.165) is 29.8 Å². The van der Waals surface area contributed by atoms with Crippen molar-refractivity contribution in [3.8, 4) is 5.75 Å². The molecule has 3 nitrogen and oxygen atoms in total. The van der Waals surface area contributed by atoms with Gasteiger partial charge in [0.2, 0.25) is 5.91 Å². The maximum atomic E-state index is 11.5. The predicted octanol–water partition coefficient (Wildman–Crippen LogP) is 3.05. The molecule has 1 aliphatic rings. The van der Waals surface area contributed by atoms with Gasteiger partial charge in [-0.3, -0.25) is 4.79 Å². The quantitative estimate of drug-likeness (QED) is 0.824. The van der Waals surface area contributed by atoms with Crippen molar-refractivity contribution >= 4 is 24.2 Å². The number of carbonyl (C=O) groups is 1. The van der Waals surface area contributed by atoms with Gasteiger partial charge in [-0.1, -0.05) is 0 Å². The van der Waals surface area contributed by atoms with E-state index in [1.807, 2.05) is 18.2 Å². The molecule has 0 bridgehead atoms. The van der Waals surface area contributed by atoms with Crippen LogP contribution >= 0.6 is 12.6 Å². The molecule has 98 valence electrons. The van der Waals surface area contributed by atoms with Gasteiger partial charge in [0.25, 0.3) is 0 Å². The van der Waals surface area contributed by atoms with Gasteiger partial charge in [0, 0.05) is 12.1 Å². The normalized spacial score (nSPS) is 16.6. The summed E-state index contributed by atoms with van der Waals surface area (Å²) in [5.41, 5.74) is 1.91. The Kier molecular flexibility index (Phi) is 3.85. The second-order valence-corrected chi connectivity index (χ2v) is 5.65. The molecule has 0 aromatic heterocycles. The lowest BCUT2D eigenvalue weighted by molar-refractivity contribution is -0.115. The van der Waals surface area contributed by atoms with Crippen molar-refractivity contribution in [1.29, 1.82) is 0 Å². The van der Waals surface area contributed by atoms with E-state index in [0.29, 0.717) is 12.2 Å². The van der Waals surface area contributed by atoms with Crippen LogP contribution < -0.4 is 10.1 Å². The molecule has 0 atom stereocenters. The highest BCUT2D eigenvalue weighted by Gasteiger charge is 2.26. The molecule has 1 N–H and O–H groups in total. The molecule has 1 aromatic carbocycles. The van der Waals surface area contributed by atoms with Crippen LogP contribution in [-0.4, -0.2) is 17.3 Å². The first-order chi connectivity index (χ1) is 8.50. The third-order valence-corrected chi connectivity index (χ3v) is 3.29. The number of amides is 1. The number of nitrogens with one attached hydrogen (secondary N) is 1. The summed E-state index contributed by atoms with van der Waals surface area (Å²) < 4.78 is 5.90. The maximum Gasteiger partial charge on any atom is 0.225 e. The number of rotatable bonds is 3. The highest BCUT2D eigenvalue weighted by Crippen LogP contribution is 2.34. The minimum Gasteiger partial charge on any atom is -0.488 e. The van der Waals surface area contributed by atoms with Crippen LogP contribution in [0.4, 0.5) is 5.69 Å². The van der Waals surface area contributed by atoms with E-state index in [2.05, 4.69) is 31.8 Å². The first-order valence-corrected chi connectivity index (χ1v) is 6.86. The fourth-order valence-corrected chi connectivity index (χ4v) is 2.26. The zero-order valence-corrected chi connectivity index (χ0v) is 11.7. The van der Waals surface area contributed by atoms with Crippen molar-refractivity contribution in [3.05, 3.63) is 23.8 Å². The summed E-state index contributed by atoms with van der Waals surface area (Å²) >= 11 is 4.04. The minimum absolute atomic E-state index is 0.00186. The zero-order valence-electron chi connectivity index (χ0n) is 10.8. The van der Waals surface area contributed by atoms with E-state index in [-0.39, 0.29) is 11.5 Å². The van der Waals surface area contributed by atoms with Gasteiger partial charge in [0.1, 0.15) is 11.4 Å². The van der Waals surface area contributed by atoms with Crippen molar-refractivity contribution < 1.29 is 9.53 Å². The highest BCUT2D eigenvalue weighted by molar-refractivity contribution is 7.80. The Labute approximate surface area is 113 Å². The van der Waals surface area contributed by atoms with E-state index in [9.17, 15) is 4.79 Å². The molecule has 1 amide bonds. The summed E-state index contributed by atoms with van der Waals surface area (Å²) in [5, 5.41) is 2.87. The fourth-order valence-electron chi connectivity index (χ4n) is 2.06. The molecule has 0 saturated carbocycles. The monoisotopic (exact) mass is 265 g/mol. The lowest BCUT2D eigenvalue weighted by atomic mass is 9.94. The first kappa shape index (κ1) is 13.3. The third-order valence-electron chi connectivity index (χ3n) is 3.07. The average molecular weight is 265 g/mol. The Balaban J connectivity index is 2.11. The summed E-state index contributed by atoms with van der Waals surface area (Å²) in [6.45, 7) is 4.19.